The fourth-order valence-electron chi connectivity index (χ4n) is 2.82. The average molecular weight is 300 g/mol. The number of esters is 4. The number of carbonyl (C=O) groups is 4. The zero-order valence-electron chi connectivity index (χ0n) is 11.9. The van der Waals surface area contributed by atoms with Gasteiger partial charge < -0.3 is 18.9 Å². The Morgan fingerprint density at radius 2 is 1.38 bits per heavy atom. The highest BCUT2D eigenvalue weighted by Gasteiger charge is 2.61. The Morgan fingerprint density at radius 1 is 0.905 bits per heavy atom. The van der Waals surface area contributed by atoms with Gasteiger partial charge in [-0.3, -0.25) is 19.2 Å². The lowest BCUT2D eigenvalue weighted by atomic mass is 10.0. The van der Waals surface area contributed by atoms with Gasteiger partial charge in [-0.15, -0.1) is 0 Å². The van der Waals surface area contributed by atoms with Crippen LogP contribution in [0.4, 0.5) is 0 Å². The van der Waals surface area contributed by atoms with Gasteiger partial charge in [0.2, 0.25) is 0 Å². The summed E-state index contributed by atoms with van der Waals surface area (Å²) < 4.78 is 20.5. The van der Waals surface area contributed by atoms with Crippen LogP contribution in [0.3, 0.4) is 0 Å². The van der Waals surface area contributed by atoms with E-state index in [1.807, 2.05) is 0 Å². The van der Waals surface area contributed by atoms with Gasteiger partial charge in [-0.05, 0) is 0 Å². The van der Waals surface area contributed by atoms with Gasteiger partial charge >= 0.3 is 23.9 Å². The summed E-state index contributed by atoms with van der Waals surface area (Å²) in [6.07, 6.45) is -3.62. The first-order valence-electron chi connectivity index (χ1n) is 6.50. The summed E-state index contributed by atoms with van der Waals surface area (Å²) in [6, 6.07) is 0. The van der Waals surface area contributed by atoms with E-state index in [1.54, 1.807) is 0 Å². The molecule has 1 saturated carbocycles. The van der Waals surface area contributed by atoms with Gasteiger partial charge in [0.05, 0.1) is 12.3 Å². The molecule has 0 aromatic heterocycles. The molecule has 0 bridgehead atoms. The van der Waals surface area contributed by atoms with Crippen molar-refractivity contribution in [1.29, 1.82) is 0 Å². The van der Waals surface area contributed by atoms with Gasteiger partial charge in [-0.2, -0.15) is 0 Å². The third-order valence-corrected chi connectivity index (χ3v) is 3.39. The van der Waals surface area contributed by atoms with E-state index >= 15 is 0 Å². The predicted octanol–water partition coefficient (Wildman–Crippen LogP) is -0.273. The minimum atomic E-state index is -0.988. The maximum atomic E-state index is 11.4. The van der Waals surface area contributed by atoms with Crippen molar-refractivity contribution in [1.82, 2.24) is 0 Å². The second-order valence-electron chi connectivity index (χ2n) is 5.04. The quantitative estimate of drug-likeness (QED) is 0.518. The van der Waals surface area contributed by atoms with Crippen LogP contribution in [0.5, 0.6) is 0 Å². The van der Waals surface area contributed by atoms with E-state index in [0.29, 0.717) is 0 Å². The standard InChI is InChI=1S/C13H16O8/c1-5(14)18-10-8-4-9(17)21-11(8)13(20-7(3)16)12(10)19-6(2)15/h8,10-13H,4H2,1-3H3/t8-,10+,11-,12+,13+/m1/s1. The lowest BCUT2D eigenvalue weighted by molar-refractivity contribution is -0.181. The van der Waals surface area contributed by atoms with E-state index in [-0.39, 0.29) is 6.42 Å². The van der Waals surface area contributed by atoms with Crippen molar-refractivity contribution in [3.8, 4) is 0 Å². The highest BCUT2D eigenvalue weighted by atomic mass is 16.6. The lowest BCUT2D eigenvalue weighted by Gasteiger charge is -2.25. The molecule has 0 spiro atoms. The Labute approximate surface area is 120 Å². The number of hydrogen-bond donors (Lipinski definition) is 0. The van der Waals surface area contributed by atoms with Crippen LogP contribution in [0.1, 0.15) is 27.2 Å². The van der Waals surface area contributed by atoms with Crippen molar-refractivity contribution in [2.45, 2.75) is 51.6 Å². The van der Waals surface area contributed by atoms with E-state index in [0.717, 1.165) is 0 Å². The van der Waals surface area contributed by atoms with Gasteiger partial charge in [0, 0.05) is 20.8 Å². The molecule has 8 heteroatoms. The highest BCUT2D eigenvalue weighted by Crippen LogP contribution is 2.42. The van der Waals surface area contributed by atoms with Crippen LogP contribution in [-0.2, 0) is 38.1 Å². The second-order valence-corrected chi connectivity index (χ2v) is 5.04. The molecule has 0 aromatic carbocycles. The van der Waals surface area contributed by atoms with E-state index in [2.05, 4.69) is 0 Å². The fraction of sp³-hybridized carbons (Fsp3) is 0.692. The third kappa shape index (κ3) is 3.14. The van der Waals surface area contributed by atoms with Crippen molar-refractivity contribution < 1.29 is 38.1 Å². The topological polar surface area (TPSA) is 105 Å². The van der Waals surface area contributed by atoms with Gasteiger partial charge in [0.25, 0.3) is 0 Å². The molecule has 116 valence electrons. The summed E-state index contributed by atoms with van der Waals surface area (Å²) in [6.45, 7) is 3.59. The average Bonchev–Trinajstić information content (AvgIpc) is 2.80. The highest BCUT2D eigenvalue weighted by molar-refractivity contribution is 5.74. The van der Waals surface area contributed by atoms with Gasteiger partial charge in [-0.25, -0.2) is 0 Å². The van der Waals surface area contributed by atoms with Gasteiger partial charge in [0.1, 0.15) is 12.2 Å². The molecular formula is C13H16O8. The molecule has 0 radical (unpaired) electrons. The normalized spacial score (nSPS) is 33.9. The van der Waals surface area contributed by atoms with Crippen molar-refractivity contribution in [3.05, 3.63) is 0 Å². The Balaban J connectivity index is 2.30. The summed E-state index contributed by atoms with van der Waals surface area (Å²) >= 11 is 0. The van der Waals surface area contributed by atoms with E-state index in [1.165, 1.54) is 20.8 Å². The fourth-order valence-corrected chi connectivity index (χ4v) is 2.82. The minimum Gasteiger partial charge on any atom is -0.458 e. The number of ether oxygens (including phenoxy) is 4. The molecular weight excluding hydrogens is 284 g/mol. The second kappa shape index (κ2) is 5.71. The summed E-state index contributed by atoms with van der Waals surface area (Å²) in [5, 5.41) is 0. The lowest BCUT2D eigenvalue weighted by Crippen LogP contribution is -2.42. The Morgan fingerprint density at radius 3 is 1.90 bits per heavy atom. The molecule has 1 heterocycles. The SMILES string of the molecule is CC(=O)O[C@@H]1[C@@H](OC(C)=O)[C@@H](OC(C)=O)[C@H]2CC(=O)O[C@H]21. The largest absolute Gasteiger partial charge is 0.458 e. The summed E-state index contributed by atoms with van der Waals surface area (Å²) in [7, 11) is 0. The van der Waals surface area contributed by atoms with Crippen LogP contribution in [-0.4, -0.2) is 48.3 Å². The number of fused-ring (bicyclic) bond motifs is 1. The number of hydrogen-bond acceptors (Lipinski definition) is 8. The monoisotopic (exact) mass is 300 g/mol. The van der Waals surface area contributed by atoms with Gasteiger partial charge in [0.15, 0.2) is 12.2 Å². The Kier molecular flexibility index (Phi) is 4.15. The zero-order valence-corrected chi connectivity index (χ0v) is 11.9. The third-order valence-electron chi connectivity index (χ3n) is 3.39. The molecule has 2 rings (SSSR count). The molecule has 0 amide bonds. The molecule has 21 heavy (non-hydrogen) atoms. The van der Waals surface area contributed by atoms with E-state index in [4.69, 9.17) is 18.9 Å². The predicted molar refractivity (Wildman–Crippen MR) is 64.6 cm³/mol. The molecule has 5 atom stereocenters. The summed E-state index contributed by atoms with van der Waals surface area (Å²) in [4.78, 5) is 45.1. The first kappa shape index (κ1) is 15.3. The van der Waals surface area contributed by atoms with Crippen LogP contribution < -0.4 is 0 Å². The van der Waals surface area contributed by atoms with Crippen LogP contribution >= 0.6 is 0 Å². The molecule has 2 fully saturated rings. The molecule has 1 aliphatic heterocycles. The summed E-state index contributed by atoms with van der Waals surface area (Å²) in [5.41, 5.74) is 0. The molecule has 1 saturated heterocycles. The Hall–Kier alpha value is -2.12. The van der Waals surface area contributed by atoms with Crippen LogP contribution in [0.2, 0.25) is 0 Å². The van der Waals surface area contributed by atoms with Crippen molar-refractivity contribution in [2.75, 3.05) is 0 Å². The first-order chi connectivity index (χ1) is 9.79. The van der Waals surface area contributed by atoms with Crippen molar-refractivity contribution in [3.63, 3.8) is 0 Å². The van der Waals surface area contributed by atoms with Crippen LogP contribution in [0.15, 0.2) is 0 Å². The molecule has 0 aromatic rings. The number of rotatable bonds is 3. The van der Waals surface area contributed by atoms with Gasteiger partial charge in [-0.1, -0.05) is 0 Å². The Bertz CT molecular complexity index is 451. The van der Waals surface area contributed by atoms with Crippen molar-refractivity contribution in [2.24, 2.45) is 5.92 Å². The van der Waals surface area contributed by atoms with Crippen molar-refractivity contribution >= 4 is 23.9 Å². The maximum absolute atomic E-state index is 11.4. The minimum absolute atomic E-state index is 0.0120. The molecule has 8 nitrogen and oxygen atoms in total. The first-order valence-corrected chi connectivity index (χ1v) is 6.50. The maximum Gasteiger partial charge on any atom is 0.306 e. The molecule has 2 aliphatic rings. The summed E-state index contributed by atoms with van der Waals surface area (Å²) in [5.74, 6) is -2.78. The molecule has 1 aliphatic carbocycles. The zero-order chi connectivity index (χ0) is 15.7. The molecule has 0 unspecified atom stereocenters. The van der Waals surface area contributed by atoms with E-state index in [9.17, 15) is 19.2 Å². The van der Waals surface area contributed by atoms with E-state index < -0.39 is 54.2 Å². The molecule has 0 N–H and O–H groups in total. The smallest absolute Gasteiger partial charge is 0.306 e. The van der Waals surface area contributed by atoms with Crippen LogP contribution in [0, 0.1) is 5.92 Å². The van der Waals surface area contributed by atoms with Crippen LogP contribution in [0.25, 0.3) is 0 Å². The number of carbonyl (C=O) groups excluding carboxylic acids is 4.